The quantitative estimate of drug-likeness (QED) is 0.764. The number of nitrogens with one attached hydrogen (secondary N) is 1. The molecular weight excluding hydrogens is 202 g/mol. The minimum Gasteiger partial charge on any atom is -0.352 e. The van der Waals surface area contributed by atoms with Crippen molar-refractivity contribution in [3.05, 3.63) is 0 Å². The third-order valence-corrected chi connectivity index (χ3v) is 3.27. The molecule has 0 bridgehead atoms. The summed E-state index contributed by atoms with van der Waals surface area (Å²) in [6.07, 6.45) is 0. The van der Waals surface area contributed by atoms with E-state index in [2.05, 4.69) is 22.2 Å². The van der Waals surface area contributed by atoms with E-state index < -0.39 is 5.54 Å². The van der Waals surface area contributed by atoms with Gasteiger partial charge in [0, 0.05) is 32.2 Å². The van der Waals surface area contributed by atoms with Gasteiger partial charge in [-0.3, -0.25) is 9.69 Å². The molecule has 1 heterocycles. The summed E-state index contributed by atoms with van der Waals surface area (Å²) >= 11 is 0. The highest BCUT2D eigenvalue weighted by atomic mass is 16.2. The second-order valence-electron chi connectivity index (χ2n) is 5.48. The van der Waals surface area contributed by atoms with Crippen molar-refractivity contribution in [2.45, 2.75) is 39.3 Å². The summed E-state index contributed by atoms with van der Waals surface area (Å²) in [5.74, 6) is 0.132. The zero-order chi connectivity index (χ0) is 12.3. The number of hydrogen-bond acceptors (Lipinski definition) is 3. The van der Waals surface area contributed by atoms with Crippen LogP contribution in [0.15, 0.2) is 0 Å². The van der Waals surface area contributed by atoms with Gasteiger partial charge in [0.15, 0.2) is 0 Å². The van der Waals surface area contributed by atoms with Gasteiger partial charge in [0.2, 0.25) is 5.91 Å². The van der Waals surface area contributed by atoms with Crippen molar-refractivity contribution < 1.29 is 4.79 Å². The Morgan fingerprint density at radius 2 is 1.69 bits per heavy atom. The monoisotopic (exact) mass is 227 g/mol. The molecule has 16 heavy (non-hydrogen) atoms. The van der Waals surface area contributed by atoms with Gasteiger partial charge in [0.05, 0.1) is 5.54 Å². The number of likely N-dealkylation sites (N-methyl/N-ethyl adjacent to an activating group) is 1. The van der Waals surface area contributed by atoms with Gasteiger partial charge in [-0.1, -0.05) is 0 Å². The summed E-state index contributed by atoms with van der Waals surface area (Å²) in [6.45, 7) is 12.0. The maximum absolute atomic E-state index is 12.1. The van der Waals surface area contributed by atoms with E-state index in [1.54, 1.807) is 0 Å². The zero-order valence-electron chi connectivity index (χ0n) is 11.2. The smallest absolute Gasteiger partial charge is 0.240 e. The van der Waals surface area contributed by atoms with E-state index in [0.29, 0.717) is 0 Å². The second kappa shape index (κ2) is 5.15. The minimum absolute atomic E-state index is 0.132. The SMILES string of the molecule is CC(C)NC(=O)C(C)(C)N1CCN(C)CC1. The van der Waals surface area contributed by atoms with Crippen molar-refractivity contribution in [2.75, 3.05) is 33.2 Å². The summed E-state index contributed by atoms with van der Waals surface area (Å²) in [7, 11) is 2.12. The molecule has 1 saturated heterocycles. The van der Waals surface area contributed by atoms with E-state index in [1.807, 2.05) is 27.7 Å². The molecule has 0 aromatic heterocycles. The van der Waals surface area contributed by atoms with Crippen LogP contribution in [0.3, 0.4) is 0 Å². The fourth-order valence-corrected chi connectivity index (χ4v) is 1.95. The molecular formula is C12H25N3O. The van der Waals surface area contributed by atoms with Crippen LogP contribution in [0.4, 0.5) is 0 Å². The molecule has 1 aliphatic rings. The van der Waals surface area contributed by atoms with E-state index >= 15 is 0 Å². The van der Waals surface area contributed by atoms with Crippen molar-refractivity contribution in [1.29, 1.82) is 0 Å². The predicted octanol–water partition coefficient (Wildman–Crippen LogP) is 0.537. The van der Waals surface area contributed by atoms with Gasteiger partial charge >= 0.3 is 0 Å². The molecule has 0 aromatic carbocycles. The molecule has 94 valence electrons. The first kappa shape index (κ1) is 13.5. The zero-order valence-corrected chi connectivity index (χ0v) is 11.2. The minimum atomic E-state index is -0.397. The lowest BCUT2D eigenvalue weighted by Gasteiger charge is -2.42. The van der Waals surface area contributed by atoms with Crippen molar-refractivity contribution in [3.8, 4) is 0 Å². The van der Waals surface area contributed by atoms with Crippen molar-refractivity contribution >= 4 is 5.91 Å². The first-order valence-corrected chi connectivity index (χ1v) is 6.08. The second-order valence-corrected chi connectivity index (χ2v) is 5.48. The average molecular weight is 227 g/mol. The van der Waals surface area contributed by atoms with Crippen LogP contribution in [0.2, 0.25) is 0 Å². The highest BCUT2D eigenvalue weighted by Crippen LogP contribution is 2.17. The van der Waals surface area contributed by atoms with Crippen LogP contribution in [0, 0.1) is 0 Å². The highest BCUT2D eigenvalue weighted by molar-refractivity contribution is 5.85. The summed E-state index contributed by atoms with van der Waals surface area (Å²) < 4.78 is 0. The van der Waals surface area contributed by atoms with E-state index in [9.17, 15) is 4.79 Å². The van der Waals surface area contributed by atoms with Gasteiger partial charge in [-0.05, 0) is 34.7 Å². The summed E-state index contributed by atoms with van der Waals surface area (Å²) in [5, 5.41) is 3.00. The molecule has 0 aliphatic carbocycles. The summed E-state index contributed by atoms with van der Waals surface area (Å²) in [4.78, 5) is 16.7. The maximum atomic E-state index is 12.1. The van der Waals surface area contributed by atoms with Crippen LogP contribution >= 0.6 is 0 Å². The Labute approximate surface area is 99.0 Å². The molecule has 1 fully saturated rings. The normalized spacial score (nSPS) is 20.1. The Morgan fingerprint density at radius 3 is 2.12 bits per heavy atom. The van der Waals surface area contributed by atoms with Crippen LogP contribution in [-0.2, 0) is 4.79 Å². The molecule has 0 spiro atoms. The van der Waals surface area contributed by atoms with Crippen LogP contribution in [0.25, 0.3) is 0 Å². The Morgan fingerprint density at radius 1 is 1.19 bits per heavy atom. The molecule has 0 unspecified atom stereocenters. The lowest BCUT2D eigenvalue weighted by molar-refractivity contribution is -0.133. The number of piperazine rings is 1. The van der Waals surface area contributed by atoms with Gasteiger partial charge in [0.1, 0.15) is 0 Å². The van der Waals surface area contributed by atoms with Crippen molar-refractivity contribution in [1.82, 2.24) is 15.1 Å². The molecule has 0 saturated carbocycles. The fourth-order valence-electron chi connectivity index (χ4n) is 1.95. The van der Waals surface area contributed by atoms with E-state index in [-0.39, 0.29) is 11.9 Å². The molecule has 1 rings (SSSR count). The van der Waals surface area contributed by atoms with E-state index in [4.69, 9.17) is 0 Å². The number of nitrogens with zero attached hydrogens (tertiary/aromatic N) is 2. The molecule has 1 N–H and O–H groups in total. The highest BCUT2D eigenvalue weighted by Gasteiger charge is 2.35. The third kappa shape index (κ3) is 3.19. The van der Waals surface area contributed by atoms with E-state index in [0.717, 1.165) is 26.2 Å². The van der Waals surface area contributed by atoms with Gasteiger partial charge in [-0.25, -0.2) is 0 Å². The van der Waals surface area contributed by atoms with Crippen molar-refractivity contribution in [2.24, 2.45) is 0 Å². The number of amides is 1. The van der Waals surface area contributed by atoms with Gasteiger partial charge < -0.3 is 10.2 Å². The first-order chi connectivity index (χ1) is 7.34. The first-order valence-electron chi connectivity index (χ1n) is 6.08. The van der Waals surface area contributed by atoms with Crippen LogP contribution in [0.1, 0.15) is 27.7 Å². The molecule has 0 radical (unpaired) electrons. The van der Waals surface area contributed by atoms with Crippen LogP contribution in [-0.4, -0.2) is 60.5 Å². The molecule has 1 amide bonds. The maximum Gasteiger partial charge on any atom is 0.240 e. The number of carbonyl (C=O) groups is 1. The van der Waals surface area contributed by atoms with Crippen LogP contribution < -0.4 is 5.32 Å². The standard InChI is InChI=1S/C12H25N3O/c1-10(2)13-11(16)12(3,4)15-8-6-14(5)7-9-15/h10H,6-9H2,1-5H3,(H,13,16). The molecule has 0 atom stereocenters. The fraction of sp³-hybridized carbons (Fsp3) is 0.917. The predicted molar refractivity (Wildman–Crippen MR) is 66.4 cm³/mol. The number of hydrogen-bond donors (Lipinski definition) is 1. The Kier molecular flexibility index (Phi) is 4.33. The topological polar surface area (TPSA) is 35.6 Å². The van der Waals surface area contributed by atoms with Gasteiger partial charge in [-0.15, -0.1) is 0 Å². The molecule has 0 aromatic rings. The average Bonchev–Trinajstić information content (AvgIpc) is 2.17. The third-order valence-electron chi connectivity index (χ3n) is 3.27. The van der Waals surface area contributed by atoms with E-state index in [1.165, 1.54) is 0 Å². The summed E-state index contributed by atoms with van der Waals surface area (Å²) in [6, 6.07) is 0.208. The van der Waals surface area contributed by atoms with Gasteiger partial charge in [-0.2, -0.15) is 0 Å². The molecule has 1 aliphatic heterocycles. The number of carbonyl (C=O) groups excluding carboxylic acids is 1. The largest absolute Gasteiger partial charge is 0.352 e. The summed E-state index contributed by atoms with van der Waals surface area (Å²) in [5.41, 5.74) is -0.397. The molecule has 4 nitrogen and oxygen atoms in total. The Bertz CT molecular complexity index is 243. The lowest BCUT2D eigenvalue weighted by Crippen LogP contribution is -2.60. The van der Waals surface area contributed by atoms with Crippen molar-refractivity contribution in [3.63, 3.8) is 0 Å². The lowest BCUT2D eigenvalue weighted by atomic mass is 10.00. The Balaban J connectivity index is 2.58. The Hall–Kier alpha value is -0.610. The molecule has 4 heteroatoms. The number of rotatable bonds is 3. The van der Waals surface area contributed by atoms with Crippen LogP contribution in [0.5, 0.6) is 0 Å². The van der Waals surface area contributed by atoms with Gasteiger partial charge in [0.25, 0.3) is 0 Å².